The van der Waals surface area contributed by atoms with Crippen LogP contribution in [0.25, 0.3) is 0 Å². The summed E-state index contributed by atoms with van der Waals surface area (Å²) >= 11 is 0. The average Bonchev–Trinajstić information content (AvgIpc) is 2.73. The van der Waals surface area contributed by atoms with Gasteiger partial charge in [-0.2, -0.15) is 0 Å². The Morgan fingerprint density at radius 2 is 2.00 bits per heavy atom. The van der Waals surface area contributed by atoms with Crippen LogP contribution in [0.15, 0.2) is 18.2 Å². The molecule has 1 aliphatic rings. The predicted octanol–water partition coefficient (Wildman–Crippen LogP) is 1.27. The van der Waals surface area contributed by atoms with Gasteiger partial charge < -0.3 is 5.73 Å². The highest BCUT2D eigenvalue weighted by atomic mass is 32.2. The Morgan fingerprint density at radius 3 is 2.76 bits per heavy atom. The summed E-state index contributed by atoms with van der Waals surface area (Å²) in [6.07, 6.45) is 3.81. The molecule has 17 heavy (non-hydrogen) atoms. The van der Waals surface area contributed by atoms with Crippen molar-refractivity contribution < 1.29 is 8.42 Å². The number of benzene rings is 1. The molecule has 0 spiro atoms. The van der Waals surface area contributed by atoms with Crippen molar-refractivity contribution in [2.75, 3.05) is 17.0 Å². The number of anilines is 1. The number of nitrogens with two attached hydrogens (primary N) is 1. The number of aryl methyl sites for hydroxylation is 2. The van der Waals surface area contributed by atoms with Crippen LogP contribution in [0.3, 0.4) is 0 Å². The van der Waals surface area contributed by atoms with Crippen molar-refractivity contribution >= 4 is 15.7 Å². The van der Waals surface area contributed by atoms with Gasteiger partial charge in [-0.3, -0.25) is 4.72 Å². The third-order valence-electron chi connectivity index (χ3n) is 2.99. The van der Waals surface area contributed by atoms with Crippen molar-refractivity contribution in [3.05, 3.63) is 29.3 Å². The standard InChI is InChI=1S/C12H18N2O2S/c13-7-2-8-17(15,16)14-12-6-5-10-3-1-4-11(10)9-12/h5-6,9,14H,1-4,7-8,13H2. The smallest absolute Gasteiger partial charge is 0.232 e. The normalized spacial score (nSPS) is 14.6. The van der Waals surface area contributed by atoms with E-state index in [1.165, 1.54) is 17.5 Å². The van der Waals surface area contributed by atoms with Gasteiger partial charge >= 0.3 is 0 Å². The molecular formula is C12H18N2O2S. The Hall–Kier alpha value is -1.07. The molecule has 3 N–H and O–H groups in total. The van der Waals surface area contributed by atoms with Crippen LogP contribution in [0, 0.1) is 0 Å². The van der Waals surface area contributed by atoms with Gasteiger partial charge in [-0.05, 0) is 55.5 Å². The summed E-state index contributed by atoms with van der Waals surface area (Å²) in [6.45, 7) is 0.394. The van der Waals surface area contributed by atoms with E-state index in [-0.39, 0.29) is 5.75 Å². The first kappa shape index (κ1) is 12.4. The molecule has 0 aromatic heterocycles. The van der Waals surface area contributed by atoms with Crippen molar-refractivity contribution in [1.29, 1.82) is 0 Å². The lowest BCUT2D eigenvalue weighted by molar-refractivity contribution is 0.599. The molecule has 94 valence electrons. The van der Waals surface area contributed by atoms with Gasteiger partial charge in [0.25, 0.3) is 0 Å². The fourth-order valence-corrected chi connectivity index (χ4v) is 3.27. The van der Waals surface area contributed by atoms with Crippen molar-refractivity contribution in [2.24, 2.45) is 5.73 Å². The summed E-state index contributed by atoms with van der Waals surface area (Å²) < 4.78 is 26.0. The molecule has 5 heteroatoms. The summed E-state index contributed by atoms with van der Waals surface area (Å²) in [5, 5.41) is 0. The summed E-state index contributed by atoms with van der Waals surface area (Å²) in [6, 6.07) is 5.80. The first-order valence-corrected chi connectivity index (χ1v) is 7.58. The van der Waals surface area contributed by atoms with Crippen LogP contribution in [0.5, 0.6) is 0 Å². The summed E-state index contributed by atoms with van der Waals surface area (Å²) in [7, 11) is -3.24. The second kappa shape index (κ2) is 5.06. The van der Waals surface area contributed by atoms with Crippen molar-refractivity contribution in [3.63, 3.8) is 0 Å². The Bertz CT molecular complexity index is 497. The Balaban J connectivity index is 2.09. The second-order valence-electron chi connectivity index (χ2n) is 4.40. The van der Waals surface area contributed by atoms with E-state index in [0.717, 1.165) is 12.8 Å². The molecule has 0 radical (unpaired) electrons. The van der Waals surface area contributed by atoms with Gasteiger partial charge in [0.1, 0.15) is 0 Å². The van der Waals surface area contributed by atoms with Crippen LogP contribution in [-0.2, 0) is 22.9 Å². The molecule has 0 amide bonds. The molecule has 1 aromatic carbocycles. The van der Waals surface area contributed by atoms with Gasteiger partial charge in [0.15, 0.2) is 0 Å². The number of hydrogen-bond acceptors (Lipinski definition) is 3. The van der Waals surface area contributed by atoms with Crippen LogP contribution in [0.2, 0.25) is 0 Å². The maximum Gasteiger partial charge on any atom is 0.232 e. The number of sulfonamides is 1. The minimum Gasteiger partial charge on any atom is -0.330 e. The summed E-state index contributed by atoms with van der Waals surface area (Å²) in [5.41, 5.74) is 8.59. The van der Waals surface area contributed by atoms with E-state index in [2.05, 4.69) is 4.72 Å². The number of nitrogens with one attached hydrogen (secondary N) is 1. The third-order valence-corrected chi connectivity index (χ3v) is 4.36. The van der Waals surface area contributed by atoms with Gasteiger partial charge in [-0.25, -0.2) is 8.42 Å². The first-order valence-electron chi connectivity index (χ1n) is 5.93. The van der Waals surface area contributed by atoms with E-state index in [4.69, 9.17) is 5.73 Å². The molecule has 0 saturated heterocycles. The summed E-state index contributed by atoms with van der Waals surface area (Å²) in [4.78, 5) is 0. The quantitative estimate of drug-likeness (QED) is 0.831. The van der Waals surface area contributed by atoms with E-state index in [0.29, 0.717) is 18.7 Å². The lowest BCUT2D eigenvalue weighted by Crippen LogP contribution is -2.19. The van der Waals surface area contributed by atoms with Crippen LogP contribution in [0.4, 0.5) is 5.69 Å². The van der Waals surface area contributed by atoms with Crippen LogP contribution >= 0.6 is 0 Å². The number of rotatable bonds is 5. The molecule has 4 nitrogen and oxygen atoms in total. The minimum atomic E-state index is -3.24. The van der Waals surface area contributed by atoms with E-state index in [9.17, 15) is 8.42 Å². The lowest BCUT2D eigenvalue weighted by atomic mass is 10.1. The number of hydrogen-bond donors (Lipinski definition) is 2. The maximum atomic E-state index is 11.7. The highest BCUT2D eigenvalue weighted by molar-refractivity contribution is 7.92. The SMILES string of the molecule is NCCCS(=O)(=O)Nc1ccc2c(c1)CCC2. The van der Waals surface area contributed by atoms with E-state index < -0.39 is 10.0 Å². The lowest BCUT2D eigenvalue weighted by Gasteiger charge is -2.09. The highest BCUT2D eigenvalue weighted by Gasteiger charge is 2.13. The molecule has 0 saturated carbocycles. The molecule has 0 heterocycles. The van der Waals surface area contributed by atoms with Crippen molar-refractivity contribution in [1.82, 2.24) is 0 Å². The van der Waals surface area contributed by atoms with Crippen molar-refractivity contribution in [3.8, 4) is 0 Å². The summed E-state index contributed by atoms with van der Waals surface area (Å²) in [5.74, 6) is 0.0839. The zero-order chi connectivity index (χ0) is 12.3. The topological polar surface area (TPSA) is 72.2 Å². The van der Waals surface area contributed by atoms with E-state index in [1.807, 2.05) is 18.2 Å². The monoisotopic (exact) mass is 254 g/mol. The molecule has 0 atom stereocenters. The van der Waals surface area contributed by atoms with Crippen LogP contribution < -0.4 is 10.5 Å². The first-order chi connectivity index (χ1) is 8.11. The van der Waals surface area contributed by atoms with Gasteiger partial charge in [0.2, 0.25) is 10.0 Å². The fraction of sp³-hybridized carbons (Fsp3) is 0.500. The van der Waals surface area contributed by atoms with Crippen molar-refractivity contribution in [2.45, 2.75) is 25.7 Å². The molecule has 0 aliphatic heterocycles. The van der Waals surface area contributed by atoms with E-state index in [1.54, 1.807) is 0 Å². The van der Waals surface area contributed by atoms with Gasteiger partial charge in [0, 0.05) is 5.69 Å². The molecule has 1 aromatic rings. The Morgan fingerprint density at radius 1 is 1.24 bits per heavy atom. The molecule has 0 unspecified atom stereocenters. The highest BCUT2D eigenvalue weighted by Crippen LogP contribution is 2.25. The maximum absolute atomic E-state index is 11.7. The minimum absolute atomic E-state index is 0.0839. The van der Waals surface area contributed by atoms with Crippen LogP contribution in [-0.4, -0.2) is 20.7 Å². The number of fused-ring (bicyclic) bond motifs is 1. The molecular weight excluding hydrogens is 236 g/mol. The average molecular weight is 254 g/mol. The molecule has 0 fully saturated rings. The van der Waals surface area contributed by atoms with Gasteiger partial charge in [-0.15, -0.1) is 0 Å². The Kier molecular flexibility index (Phi) is 3.69. The van der Waals surface area contributed by atoms with Gasteiger partial charge in [-0.1, -0.05) is 6.07 Å². The Labute approximate surface area is 102 Å². The molecule has 1 aliphatic carbocycles. The van der Waals surface area contributed by atoms with E-state index >= 15 is 0 Å². The zero-order valence-corrected chi connectivity index (χ0v) is 10.6. The third kappa shape index (κ3) is 3.20. The molecule has 0 bridgehead atoms. The fourth-order valence-electron chi connectivity index (χ4n) is 2.14. The predicted molar refractivity (Wildman–Crippen MR) is 69.5 cm³/mol. The largest absolute Gasteiger partial charge is 0.330 e. The molecule has 2 rings (SSSR count). The van der Waals surface area contributed by atoms with Gasteiger partial charge in [0.05, 0.1) is 5.75 Å². The van der Waals surface area contributed by atoms with Crippen LogP contribution in [0.1, 0.15) is 24.0 Å². The second-order valence-corrected chi connectivity index (χ2v) is 6.24. The zero-order valence-electron chi connectivity index (χ0n) is 9.78.